The number of anilines is 3. The van der Waals surface area contributed by atoms with Gasteiger partial charge in [0.25, 0.3) is 5.56 Å². The molecule has 2 fully saturated rings. The molecule has 204 valence electrons. The lowest BCUT2D eigenvalue weighted by Gasteiger charge is -2.37. The summed E-state index contributed by atoms with van der Waals surface area (Å²) in [5.41, 5.74) is 4.82. The molecule has 1 saturated carbocycles. The molecule has 1 aliphatic heterocycles. The molecule has 0 amide bonds. The first kappa shape index (κ1) is 24.0. The maximum Gasteiger partial charge on any atom is 0.284 e. The minimum absolute atomic E-state index is 0.250. The van der Waals surface area contributed by atoms with Gasteiger partial charge in [-0.1, -0.05) is 18.2 Å². The summed E-state index contributed by atoms with van der Waals surface area (Å²) in [5.74, 6) is 1.03. The Hall–Kier alpha value is -4.83. The van der Waals surface area contributed by atoms with Crippen LogP contribution >= 0.6 is 0 Å². The number of hydrogen-bond donors (Lipinski definition) is 1. The Morgan fingerprint density at radius 1 is 0.878 bits per heavy atom. The Bertz CT molecular complexity index is 1990. The Morgan fingerprint density at radius 2 is 1.71 bits per heavy atom. The van der Waals surface area contributed by atoms with E-state index in [4.69, 9.17) is 4.98 Å². The number of fused-ring (bicyclic) bond motifs is 4. The molecule has 0 atom stereocenters. The van der Waals surface area contributed by atoms with Gasteiger partial charge in [-0.3, -0.25) is 9.69 Å². The molecule has 1 aliphatic carbocycles. The maximum absolute atomic E-state index is 13.8. The summed E-state index contributed by atoms with van der Waals surface area (Å²) in [4.78, 5) is 37.4. The number of pyridine rings is 1. The van der Waals surface area contributed by atoms with Crippen LogP contribution in [0.5, 0.6) is 0 Å². The highest BCUT2D eigenvalue weighted by Gasteiger charge is 2.31. The molecule has 0 spiro atoms. The average Bonchev–Trinajstić information content (AvgIpc) is 3.80. The third kappa shape index (κ3) is 4.10. The second-order valence-electron chi connectivity index (χ2n) is 10.9. The standard InChI is InChI=1S/C31H29N9O/c1-20-18-21(9-12-25(20)38-16-14-37(15-17-38)22-10-11-22)34-31-33-19-24-28(36-31)35-29-23-6-2-3-7-26(23)39(40(29)30(24)41)27-8-4-5-13-32-27/h2-9,12-13,18-19,22H,10-11,14-17H2,1H3,(H,33,34,36). The van der Waals surface area contributed by atoms with Gasteiger partial charge in [0.1, 0.15) is 5.39 Å². The zero-order valence-electron chi connectivity index (χ0n) is 22.7. The lowest BCUT2D eigenvalue weighted by molar-refractivity contribution is 0.248. The molecule has 0 unspecified atom stereocenters. The van der Waals surface area contributed by atoms with Gasteiger partial charge in [0, 0.05) is 61.4 Å². The van der Waals surface area contributed by atoms with E-state index in [0.29, 0.717) is 28.4 Å². The lowest BCUT2D eigenvalue weighted by Crippen LogP contribution is -2.47. The van der Waals surface area contributed by atoms with Crippen LogP contribution in [0, 0.1) is 6.92 Å². The van der Waals surface area contributed by atoms with Gasteiger partial charge < -0.3 is 10.2 Å². The minimum Gasteiger partial charge on any atom is -0.369 e. The average molecular weight is 544 g/mol. The molecule has 0 bridgehead atoms. The molecule has 10 nitrogen and oxygen atoms in total. The van der Waals surface area contributed by atoms with Crippen LogP contribution < -0.4 is 15.8 Å². The highest BCUT2D eigenvalue weighted by molar-refractivity contribution is 5.95. The fourth-order valence-corrected chi connectivity index (χ4v) is 6.03. The minimum atomic E-state index is -0.250. The van der Waals surface area contributed by atoms with Crippen LogP contribution in [0.3, 0.4) is 0 Å². The summed E-state index contributed by atoms with van der Waals surface area (Å²) < 4.78 is 3.35. The monoisotopic (exact) mass is 543 g/mol. The van der Waals surface area contributed by atoms with Crippen LogP contribution in [0.25, 0.3) is 33.4 Å². The predicted octanol–water partition coefficient (Wildman–Crippen LogP) is 4.31. The van der Waals surface area contributed by atoms with Crippen molar-refractivity contribution in [2.45, 2.75) is 25.8 Å². The van der Waals surface area contributed by atoms with E-state index < -0.39 is 0 Å². The van der Waals surface area contributed by atoms with Crippen molar-refractivity contribution in [3.05, 3.63) is 89.0 Å². The quantitative estimate of drug-likeness (QED) is 0.344. The van der Waals surface area contributed by atoms with Crippen molar-refractivity contribution < 1.29 is 0 Å². The van der Waals surface area contributed by atoms with Gasteiger partial charge in [0.05, 0.1) is 5.52 Å². The fraction of sp³-hybridized carbons (Fsp3) is 0.258. The summed E-state index contributed by atoms with van der Waals surface area (Å²) in [5, 5.41) is 4.50. The van der Waals surface area contributed by atoms with Gasteiger partial charge in [-0.15, -0.1) is 0 Å². The number of rotatable bonds is 5. The molecule has 2 aliphatic rings. The van der Waals surface area contributed by atoms with E-state index in [1.807, 2.05) is 42.5 Å². The highest BCUT2D eigenvalue weighted by atomic mass is 16.1. The van der Waals surface area contributed by atoms with Crippen molar-refractivity contribution >= 4 is 44.9 Å². The van der Waals surface area contributed by atoms with E-state index in [1.54, 1.807) is 21.6 Å². The van der Waals surface area contributed by atoms with Crippen molar-refractivity contribution in [3.63, 3.8) is 0 Å². The molecule has 2 aromatic carbocycles. The van der Waals surface area contributed by atoms with E-state index >= 15 is 0 Å². The van der Waals surface area contributed by atoms with Gasteiger partial charge in [-0.25, -0.2) is 19.6 Å². The molecule has 1 N–H and O–H groups in total. The van der Waals surface area contributed by atoms with Crippen LogP contribution in [0.15, 0.2) is 77.9 Å². The van der Waals surface area contributed by atoms with Crippen molar-refractivity contribution in [2.24, 2.45) is 0 Å². The van der Waals surface area contributed by atoms with Crippen molar-refractivity contribution in [3.8, 4) is 5.82 Å². The third-order valence-corrected chi connectivity index (χ3v) is 8.21. The first-order valence-corrected chi connectivity index (χ1v) is 14.1. The second kappa shape index (κ2) is 9.38. The number of hydrogen-bond acceptors (Lipinski definition) is 8. The molecule has 8 rings (SSSR count). The topological polar surface area (TPSA) is 96.5 Å². The maximum atomic E-state index is 13.8. The number of benzene rings is 2. The number of nitrogens with one attached hydrogen (secondary N) is 1. The number of piperazine rings is 1. The van der Waals surface area contributed by atoms with Crippen LogP contribution in [0.4, 0.5) is 17.3 Å². The van der Waals surface area contributed by atoms with Crippen LogP contribution in [-0.2, 0) is 0 Å². The zero-order chi connectivity index (χ0) is 27.5. The van der Waals surface area contributed by atoms with Gasteiger partial charge in [0.15, 0.2) is 17.1 Å². The summed E-state index contributed by atoms with van der Waals surface area (Å²) in [6.07, 6.45) is 5.98. The van der Waals surface area contributed by atoms with E-state index in [-0.39, 0.29) is 5.56 Å². The normalized spacial score (nSPS) is 16.2. The van der Waals surface area contributed by atoms with Crippen LogP contribution in [0.2, 0.25) is 0 Å². The first-order chi connectivity index (χ1) is 20.1. The summed E-state index contributed by atoms with van der Waals surface area (Å²) >= 11 is 0. The van der Waals surface area contributed by atoms with Gasteiger partial charge in [0.2, 0.25) is 5.95 Å². The number of aryl methyl sites for hydroxylation is 1. The van der Waals surface area contributed by atoms with Gasteiger partial charge in [-0.05, 0) is 67.8 Å². The molecule has 6 aromatic rings. The first-order valence-electron chi connectivity index (χ1n) is 14.1. The van der Waals surface area contributed by atoms with Gasteiger partial charge >= 0.3 is 0 Å². The molecular formula is C31H29N9O. The van der Waals surface area contributed by atoms with Crippen molar-refractivity contribution in [1.82, 2.24) is 34.0 Å². The van der Waals surface area contributed by atoms with E-state index in [1.165, 1.54) is 24.1 Å². The Morgan fingerprint density at radius 3 is 2.49 bits per heavy atom. The molecular weight excluding hydrogens is 514 g/mol. The Kier molecular flexibility index (Phi) is 5.49. The summed E-state index contributed by atoms with van der Waals surface area (Å²) in [6, 6.07) is 20.6. The predicted molar refractivity (Wildman–Crippen MR) is 160 cm³/mol. The Labute approximate surface area is 235 Å². The summed E-state index contributed by atoms with van der Waals surface area (Å²) in [7, 11) is 0. The highest BCUT2D eigenvalue weighted by Crippen LogP contribution is 2.31. The van der Waals surface area contributed by atoms with Crippen LogP contribution in [-0.4, -0.2) is 66.3 Å². The third-order valence-electron chi connectivity index (χ3n) is 8.21. The van der Waals surface area contributed by atoms with Crippen LogP contribution in [0.1, 0.15) is 18.4 Å². The smallest absolute Gasteiger partial charge is 0.284 e. The van der Waals surface area contributed by atoms with Crippen molar-refractivity contribution in [2.75, 3.05) is 36.4 Å². The fourth-order valence-electron chi connectivity index (χ4n) is 6.03. The zero-order valence-corrected chi connectivity index (χ0v) is 22.7. The summed E-state index contributed by atoms with van der Waals surface area (Å²) in [6.45, 7) is 6.53. The SMILES string of the molecule is Cc1cc(Nc2ncc3c(=O)n4c(nc3n2)c2ccccc2n4-c2ccccn2)ccc1N1CCN(C2CC2)CC1. The second-order valence-corrected chi connectivity index (χ2v) is 10.9. The molecule has 0 radical (unpaired) electrons. The molecule has 10 heteroatoms. The van der Waals surface area contributed by atoms with E-state index in [9.17, 15) is 4.79 Å². The Balaban J connectivity index is 1.13. The molecule has 41 heavy (non-hydrogen) atoms. The molecule has 4 aromatic heterocycles. The van der Waals surface area contributed by atoms with Crippen molar-refractivity contribution in [1.29, 1.82) is 0 Å². The number of para-hydroxylation sites is 1. The van der Waals surface area contributed by atoms with E-state index in [0.717, 1.165) is 48.8 Å². The lowest BCUT2D eigenvalue weighted by atomic mass is 10.1. The number of aromatic nitrogens is 6. The molecule has 1 saturated heterocycles. The largest absolute Gasteiger partial charge is 0.369 e. The van der Waals surface area contributed by atoms with Gasteiger partial charge in [-0.2, -0.15) is 9.50 Å². The number of nitrogens with zero attached hydrogens (tertiary/aromatic N) is 8. The van der Waals surface area contributed by atoms with E-state index in [2.05, 4.69) is 55.2 Å². The molecule has 5 heterocycles.